The summed E-state index contributed by atoms with van der Waals surface area (Å²) in [6.07, 6.45) is 4.35. The summed E-state index contributed by atoms with van der Waals surface area (Å²) in [6.45, 7) is 5.42. The summed E-state index contributed by atoms with van der Waals surface area (Å²) in [6, 6.07) is 13.9. The molecule has 1 amide bonds. The molecule has 0 radical (unpaired) electrons. The van der Waals surface area contributed by atoms with Gasteiger partial charge in [-0.15, -0.1) is 0 Å². The first-order valence-electron chi connectivity index (χ1n) is 12.8. The number of carbonyl (C=O) groups excluding carboxylic acids is 1. The molecule has 0 spiro atoms. The number of hydrogen-bond acceptors (Lipinski definition) is 6. The normalized spacial score (nSPS) is 12.8. The van der Waals surface area contributed by atoms with Crippen LogP contribution in [-0.2, 0) is 24.9 Å². The summed E-state index contributed by atoms with van der Waals surface area (Å²) < 4.78 is 59.9. The standard InChI is InChI=1S/C28H34ClN3O6S2/c1-20-19-30-14-13-25(20)24-9-6-8-23(18-24)22(3)32(40(37,38)27-11-7-10-26(29)21(27)2)16-5-4-12-28(33)31-15-17-39(34,35)36/h6-11,13-14,18-19,22H,4-5,12,15-17H2,1-3H3,(H,31,33)(H,34,35,36). The average molecular weight is 608 g/mol. The number of aryl methyl sites for hydroxylation is 1. The summed E-state index contributed by atoms with van der Waals surface area (Å²) in [5.74, 6) is -0.948. The molecule has 0 aliphatic carbocycles. The summed E-state index contributed by atoms with van der Waals surface area (Å²) in [4.78, 5) is 16.4. The number of nitrogens with one attached hydrogen (secondary N) is 1. The average Bonchev–Trinajstić information content (AvgIpc) is 2.89. The smallest absolute Gasteiger partial charge is 0.266 e. The van der Waals surface area contributed by atoms with Crippen molar-refractivity contribution >= 4 is 37.6 Å². The Balaban J connectivity index is 1.84. The van der Waals surface area contributed by atoms with Crippen LogP contribution in [0.2, 0.25) is 5.02 Å². The predicted molar refractivity (Wildman–Crippen MR) is 156 cm³/mol. The van der Waals surface area contributed by atoms with Gasteiger partial charge in [0.15, 0.2) is 0 Å². The van der Waals surface area contributed by atoms with Gasteiger partial charge in [0.2, 0.25) is 15.9 Å². The molecule has 0 aliphatic heterocycles. The minimum absolute atomic E-state index is 0.0841. The van der Waals surface area contributed by atoms with E-state index < -0.39 is 31.9 Å². The Labute approximate surface area is 241 Å². The van der Waals surface area contributed by atoms with Crippen LogP contribution < -0.4 is 5.32 Å². The summed E-state index contributed by atoms with van der Waals surface area (Å²) in [5, 5.41) is 2.80. The van der Waals surface area contributed by atoms with Crippen molar-refractivity contribution in [3.8, 4) is 11.1 Å². The number of aromatic nitrogens is 1. The fourth-order valence-electron chi connectivity index (χ4n) is 4.41. The number of pyridine rings is 1. The molecule has 0 saturated carbocycles. The number of nitrogens with zero attached hydrogens (tertiary/aromatic N) is 2. The second kappa shape index (κ2) is 13.7. The Bertz CT molecular complexity index is 1560. The lowest BCUT2D eigenvalue weighted by atomic mass is 9.98. The van der Waals surface area contributed by atoms with Crippen molar-refractivity contribution < 1.29 is 26.2 Å². The molecule has 1 unspecified atom stereocenters. The van der Waals surface area contributed by atoms with Crippen molar-refractivity contribution in [2.75, 3.05) is 18.8 Å². The van der Waals surface area contributed by atoms with Crippen LogP contribution in [0.15, 0.2) is 65.8 Å². The third-order valence-corrected chi connectivity index (χ3v) is 9.90. The van der Waals surface area contributed by atoms with E-state index in [-0.39, 0.29) is 30.3 Å². The molecule has 40 heavy (non-hydrogen) atoms. The summed E-state index contributed by atoms with van der Waals surface area (Å²) >= 11 is 6.27. The zero-order valence-corrected chi connectivity index (χ0v) is 25.1. The van der Waals surface area contributed by atoms with Crippen molar-refractivity contribution in [1.29, 1.82) is 0 Å². The Hall–Kier alpha value is -2.83. The number of halogens is 1. The molecular formula is C28H34ClN3O6S2. The first kappa shape index (κ1) is 31.7. The molecule has 3 rings (SSSR count). The van der Waals surface area contributed by atoms with Gasteiger partial charge in [-0.05, 0) is 85.7 Å². The SMILES string of the molecule is Cc1cnccc1-c1cccc(C(C)N(CCCCC(=O)NCCS(=O)(=O)O)S(=O)(=O)c2cccc(Cl)c2C)c1. The van der Waals surface area contributed by atoms with Gasteiger partial charge in [0.25, 0.3) is 10.1 Å². The molecule has 0 bridgehead atoms. The first-order valence-corrected chi connectivity index (χ1v) is 16.2. The van der Waals surface area contributed by atoms with Crippen molar-refractivity contribution in [3.05, 3.63) is 82.6 Å². The first-order chi connectivity index (χ1) is 18.8. The molecule has 2 aromatic carbocycles. The van der Waals surface area contributed by atoms with Gasteiger partial charge in [-0.25, -0.2) is 8.42 Å². The topological polar surface area (TPSA) is 134 Å². The van der Waals surface area contributed by atoms with E-state index in [1.54, 1.807) is 31.5 Å². The van der Waals surface area contributed by atoms with Gasteiger partial charge in [-0.2, -0.15) is 12.7 Å². The highest BCUT2D eigenvalue weighted by atomic mass is 35.5. The van der Waals surface area contributed by atoms with Crippen LogP contribution in [0.1, 0.15) is 48.9 Å². The second-order valence-corrected chi connectivity index (χ2v) is 13.4. The van der Waals surface area contributed by atoms with Gasteiger partial charge in [-0.1, -0.05) is 35.9 Å². The Morgan fingerprint density at radius 2 is 1.80 bits per heavy atom. The van der Waals surface area contributed by atoms with E-state index in [2.05, 4.69) is 10.3 Å². The quantitative estimate of drug-likeness (QED) is 0.207. The number of rotatable bonds is 13. The van der Waals surface area contributed by atoms with Crippen LogP contribution in [0.3, 0.4) is 0 Å². The number of amides is 1. The minimum Gasteiger partial charge on any atom is -0.355 e. The number of sulfonamides is 1. The molecule has 1 heterocycles. The van der Waals surface area contributed by atoms with Crippen molar-refractivity contribution in [2.45, 2.75) is 51.0 Å². The monoisotopic (exact) mass is 607 g/mol. The molecular weight excluding hydrogens is 574 g/mol. The lowest BCUT2D eigenvalue weighted by molar-refractivity contribution is -0.121. The molecule has 12 heteroatoms. The van der Waals surface area contributed by atoms with E-state index in [1.807, 2.05) is 44.2 Å². The maximum atomic E-state index is 14.0. The number of hydrogen-bond donors (Lipinski definition) is 2. The number of unbranched alkanes of at least 4 members (excludes halogenated alkanes) is 1. The highest BCUT2D eigenvalue weighted by Gasteiger charge is 2.31. The van der Waals surface area contributed by atoms with E-state index in [0.717, 1.165) is 22.3 Å². The molecule has 9 nitrogen and oxygen atoms in total. The third kappa shape index (κ3) is 8.34. The maximum Gasteiger partial charge on any atom is 0.266 e. The zero-order chi connectivity index (χ0) is 29.5. The Kier molecular flexibility index (Phi) is 10.8. The van der Waals surface area contributed by atoms with Gasteiger partial charge in [0, 0.05) is 43.0 Å². The number of benzene rings is 2. The van der Waals surface area contributed by atoms with Crippen molar-refractivity contribution in [2.24, 2.45) is 0 Å². The highest BCUT2D eigenvalue weighted by molar-refractivity contribution is 7.89. The lowest BCUT2D eigenvalue weighted by Crippen LogP contribution is -2.35. The molecule has 1 aromatic heterocycles. The van der Waals surface area contributed by atoms with Crippen LogP contribution in [0.4, 0.5) is 0 Å². The van der Waals surface area contributed by atoms with E-state index in [1.165, 1.54) is 10.4 Å². The van der Waals surface area contributed by atoms with E-state index in [9.17, 15) is 21.6 Å². The Morgan fingerprint density at radius 1 is 1.07 bits per heavy atom. The fraction of sp³-hybridized carbons (Fsp3) is 0.357. The Morgan fingerprint density at radius 3 is 2.50 bits per heavy atom. The predicted octanol–water partition coefficient (Wildman–Crippen LogP) is 4.95. The molecule has 0 saturated heterocycles. The largest absolute Gasteiger partial charge is 0.355 e. The fourth-order valence-corrected chi connectivity index (χ4v) is 6.90. The van der Waals surface area contributed by atoms with Crippen LogP contribution in [0.5, 0.6) is 0 Å². The summed E-state index contributed by atoms with van der Waals surface area (Å²) in [5.41, 5.74) is 4.22. The van der Waals surface area contributed by atoms with Crippen molar-refractivity contribution in [3.63, 3.8) is 0 Å². The molecule has 0 fully saturated rings. The van der Waals surface area contributed by atoms with Crippen LogP contribution in [-0.4, -0.2) is 55.4 Å². The molecule has 3 aromatic rings. The van der Waals surface area contributed by atoms with E-state index in [0.29, 0.717) is 23.4 Å². The molecule has 216 valence electrons. The van der Waals surface area contributed by atoms with Crippen LogP contribution in [0, 0.1) is 13.8 Å². The van der Waals surface area contributed by atoms with Crippen molar-refractivity contribution in [1.82, 2.24) is 14.6 Å². The van der Waals surface area contributed by atoms with Gasteiger partial charge in [0.05, 0.1) is 10.6 Å². The van der Waals surface area contributed by atoms with Crippen LogP contribution in [0.25, 0.3) is 11.1 Å². The van der Waals surface area contributed by atoms with E-state index in [4.69, 9.17) is 16.2 Å². The zero-order valence-electron chi connectivity index (χ0n) is 22.7. The third-order valence-electron chi connectivity index (χ3n) is 6.65. The maximum absolute atomic E-state index is 14.0. The van der Waals surface area contributed by atoms with Crippen LogP contribution >= 0.6 is 11.6 Å². The lowest BCUT2D eigenvalue weighted by Gasteiger charge is -2.30. The van der Waals surface area contributed by atoms with E-state index >= 15 is 0 Å². The van der Waals surface area contributed by atoms with Gasteiger partial charge in [0.1, 0.15) is 0 Å². The molecule has 2 N–H and O–H groups in total. The second-order valence-electron chi connectivity index (χ2n) is 9.56. The number of carbonyl (C=O) groups is 1. The molecule has 1 atom stereocenters. The molecule has 0 aliphatic rings. The highest BCUT2D eigenvalue weighted by Crippen LogP contribution is 2.33. The summed E-state index contributed by atoms with van der Waals surface area (Å²) in [7, 11) is -8.14. The van der Waals surface area contributed by atoms with Gasteiger partial charge in [-0.3, -0.25) is 14.3 Å². The minimum atomic E-state index is -4.17. The van der Waals surface area contributed by atoms with Gasteiger partial charge < -0.3 is 5.32 Å². The van der Waals surface area contributed by atoms with Gasteiger partial charge >= 0.3 is 0 Å².